The summed E-state index contributed by atoms with van der Waals surface area (Å²) in [5.41, 5.74) is 0. The molecule has 6 heteroatoms. The van der Waals surface area contributed by atoms with Crippen molar-refractivity contribution < 1.29 is 28.6 Å². The Morgan fingerprint density at radius 3 is 0.940 bits per heavy atom. The number of carbonyl (C=O) groups excluding carboxylic acids is 3. The molecule has 0 aliphatic heterocycles. The standard InChI is InChI=1S/C61H106O6/c1-4-7-10-13-16-19-22-25-28-31-34-36-39-42-45-48-51-54-60(63)66-57-58(67-61(64)55-52-49-46-43-40-37-33-30-27-24-21-18-15-12-9-6-3)56-65-59(62)53-50-47-44-41-38-35-32-29-26-23-20-17-14-11-8-5-2/h16,19,25,28-30,32-34,36,42,45,58H,4-15,17-18,20-24,26-27,31,35,37-41,43-44,46-57H2,1-3H3/b19-16-,28-25-,32-29-,33-30-,36-34-,45-42-. The molecule has 0 spiro atoms. The van der Waals surface area contributed by atoms with Crippen molar-refractivity contribution in [2.75, 3.05) is 13.2 Å². The van der Waals surface area contributed by atoms with E-state index >= 15 is 0 Å². The molecule has 0 aliphatic rings. The van der Waals surface area contributed by atoms with E-state index in [1.165, 1.54) is 148 Å². The van der Waals surface area contributed by atoms with Crippen molar-refractivity contribution in [3.05, 3.63) is 72.9 Å². The van der Waals surface area contributed by atoms with Crippen LogP contribution in [0.15, 0.2) is 72.9 Å². The molecular weight excluding hydrogens is 829 g/mol. The van der Waals surface area contributed by atoms with E-state index in [-0.39, 0.29) is 37.5 Å². The van der Waals surface area contributed by atoms with Gasteiger partial charge in [-0.05, 0) is 109 Å². The number of allylic oxidation sites excluding steroid dienone is 12. The molecule has 386 valence electrons. The van der Waals surface area contributed by atoms with Crippen LogP contribution in [0, 0.1) is 0 Å². The smallest absolute Gasteiger partial charge is 0.306 e. The first kappa shape index (κ1) is 63.8. The molecule has 0 fully saturated rings. The molecule has 0 N–H and O–H groups in total. The number of hydrogen-bond acceptors (Lipinski definition) is 6. The molecule has 0 aliphatic carbocycles. The van der Waals surface area contributed by atoms with Gasteiger partial charge in [0.25, 0.3) is 0 Å². The summed E-state index contributed by atoms with van der Waals surface area (Å²) in [5.74, 6) is -0.967. The summed E-state index contributed by atoms with van der Waals surface area (Å²) >= 11 is 0. The molecule has 0 rings (SSSR count). The van der Waals surface area contributed by atoms with Crippen LogP contribution in [0.4, 0.5) is 0 Å². The number of ether oxygens (including phenoxy) is 3. The highest BCUT2D eigenvalue weighted by atomic mass is 16.6. The lowest BCUT2D eigenvalue weighted by molar-refractivity contribution is -0.167. The minimum atomic E-state index is -0.805. The maximum absolute atomic E-state index is 12.8. The molecule has 1 unspecified atom stereocenters. The van der Waals surface area contributed by atoms with Crippen LogP contribution >= 0.6 is 0 Å². The number of rotatable bonds is 51. The van der Waals surface area contributed by atoms with Crippen molar-refractivity contribution in [1.82, 2.24) is 0 Å². The molecule has 0 aromatic carbocycles. The predicted octanol–water partition coefficient (Wildman–Crippen LogP) is 19.0. The Morgan fingerprint density at radius 2 is 0.552 bits per heavy atom. The van der Waals surface area contributed by atoms with Crippen LogP contribution in [0.1, 0.15) is 278 Å². The van der Waals surface area contributed by atoms with Gasteiger partial charge in [-0.25, -0.2) is 0 Å². The van der Waals surface area contributed by atoms with Crippen molar-refractivity contribution in [3.8, 4) is 0 Å². The Hall–Kier alpha value is -3.15. The molecule has 6 nitrogen and oxygen atoms in total. The molecule has 0 aromatic heterocycles. The van der Waals surface area contributed by atoms with Gasteiger partial charge in [-0.1, -0.05) is 222 Å². The van der Waals surface area contributed by atoms with Crippen molar-refractivity contribution in [2.45, 2.75) is 284 Å². The van der Waals surface area contributed by atoms with Gasteiger partial charge in [0.2, 0.25) is 0 Å². The van der Waals surface area contributed by atoms with Crippen LogP contribution in [0.2, 0.25) is 0 Å². The summed E-state index contributed by atoms with van der Waals surface area (Å²) in [5, 5.41) is 0. The summed E-state index contributed by atoms with van der Waals surface area (Å²) in [6.07, 6.45) is 70.3. The van der Waals surface area contributed by atoms with Gasteiger partial charge >= 0.3 is 17.9 Å². The first-order chi connectivity index (χ1) is 33.0. The van der Waals surface area contributed by atoms with E-state index < -0.39 is 6.10 Å². The average molecular weight is 936 g/mol. The molecule has 0 bridgehead atoms. The van der Waals surface area contributed by atoms with Crippen LogP contribution in [-0.4, -0.2) is 37.2 Å². The molecule has 0 saturated heterocycles. The third kappa shape index (κ3) is 53.7. The Labute approximate surface area is 414 Å². The summed E-state index contributed by atoms with van der Waals surface area (Å²) in [6.45, 7) is 6.56. The molecule has 1 atom stereocenters. The van der Waals surface area contributed by atoms with Gasteiger partial charge in [0.1, 0.15) is 13.2 Å². The molecule has 0 radical (unpaired) electrons. The number of esters is 3. The van der Waals surface area contributed by atoms with Gasteiger partial charge in [0.15, 0.2) is 6.10 Å². The monoisotopic (exact) mass is 935 g/mol. The van der Waals surface area contributed by atoms with Crippen LogP contribution in [0.3, 0.4) is 0 Å². The van der Waals surface area contributed by atoms with Crippen molar-refractivity contribution in [2.24, 2.45) is 0 Å². The van der Waals surface area contributed by atoms with Gasteiger partial charge in [-0.3, -0.25) is 14.4 Å². The van der Waals surface area contributed by atoms with E-state index in [0.29, 0.717) is 19.3 Å². The first-order valence-corrected chi connectivity index (χ1v) is 28.4. The van der Waals surface area contributed by atoms with Gasteiger partial charge < -0.3 is 14.2 Å². The van der Waals surface area contributed by atoms with Crippen LogP contribution in [0.5, 0.6) is 0 Å². The normalized spacial score (nSPS) is 12.6. The van der Waals surface area contributed by atoms with Gasteiger partial charge in [-0.2, -0.15) is 0 Å². The highest BCUT2D eigenvalue weighted by Crippen LogP contribution is 2.14. The maximum atomic E-state index is 12.8. The topological polar surface area (TPSA) is 78.9 Å². The second-order valence-corrected chi connectivity index (χ2v) is 18.8. The minimum Gasteiger partial charge on any atom is -0.462 e. The van der Waals surface area contributed by atoms with Gasteiger partial charge in [-0.15, -0.1) is 0 Å². The Kier molecular flexibility index (Phi) is 52.8. The van der Waals surface area contributed by atoms with Gasteiger partial charge in [0, 0.05) is 19.3 Å². The lowest BCUT2D eigenvalue weighted by atomic mass is 10.1. The van der Waals surface area contributed by atoms with E-state index in [4.69, 9.17) is 14.2 Å². The predicted molar refractivity (Wildman–Crippen MR) is 288 cm³/mol. The number of unbranched alkanes of at least 4 members (excludes halogenated alkanes) is 28. The van der Waals surface area contributed by atoms with Crippen molar-refractivity contribution in [3.63, 3.8) is 0 Å². The molecule has 67 heavy (non-hydrogen) atoms. The van der Waals surface area contributed by atoms with Crippen LogP contribution in [0.25, 0.3) is 0 Å². The quantitative estimate of drug-likeness (QED) is 0.0262. The summed E-state index contributed by atoms with van der Waals surface area (Å²) in [4.78, 5) is 38.1. The average Bonchev–Trinajstić information content (AvgIpc) is 3.33. The number of hydrogen-bond donors (Lipinski definition) is 0. The van der Waals surface area contributed by atoms with E-state index in [9.17, 15) is 14.4 Å². The third-order valence-corrected chi connectivity index (χ3v) is 12.2. The summed E-state index contributed by atoms with van der Waals surface area (Å²) < 4.78 is 16.8. The Morgan fingerprint density at radius 1 is 0.299 bits per heavy atom. The molecular formula is C61H106O6. The highest BCUT2D eigenvalue weighted by Gasteiger charge is 2.19. The fourth-order valence-electron chi connectivity index (χ4n) is 7.84. The fourth-order valence-corrected chi connectivity index (χ4v) is 7.84. The molecule has 0 amide bonds. The SMILES string of the molecule is CCCCC/C=C\C/C=C\C/C=C\C/C=C\CCCC(=O)OCC(COC(=O)CCCCCCC/C=C\CCCCCCCCC)OC(=O)CCCCCCC/C=C\CCCCCCCCC. The first-order valence-electron chi connectivity index (χ1n) is 28.4. The molecule has 0 aromatic rings. The molecule has 0 heterocycles. The van der Waals surface area contributed by atoms with Crippen molar-refractivity contribution in [1.29, 1.82) is 0 Å². The second-order valence-electron chi connectivity index (χ2n) is 18.8. The lowest BCUT2D eigenvalue weighted by Gasteiger charge is -2.18. The zero-order chi connectivity index (χ0) is 48.6. The van der Waals surface area contributed by atoms with Crippen LogP contribution in [-0.2, 0) is 28.6 Å². The highest BCUT2D eigenvalue weighted by molar-refractivity contribution is 5.71. The zero-order valence-corrected chi connectivity index (χ0v) is 44.2. The lowest BCUT2D eigenvalue weighted by Crippen LogP contribution is -2.30. The largest absolute Gasteiger partial charge is 0.462 e. The van der Waals surface area contributed by atoms with Crippen LogP contribution < -0.4 is 0 Å². The van der Waals surface area contributed by atoms with E-state index in [2.05, 4.69) is 93.7 Å². The Bertz CT molecular complexity index is 1260. The summed E-state index contributed by atoms with van der Waals surface area (Å²) in [6, 6.07) is 0. The summed E-state index contributed by atoms with van der Waals surface area (Å²) in [7, 11) is 0. The minimum absolute atomic E-state index is 0.0995. The van der Waals surface area contributed by atoms with E-state index in [1.54, 1.807) is 0 Å². The maximum Gasteiger partial charge on any atom is 0.306 e. The van der Waals surface area contributed by atoms with E-state index in [0.717, 1.165) is 83.5 Å². The van der Waals surface area contributed by atoms with Gasteiger partial charge in [0.05, 0.1) is 0 Å². The fraction of sp³-hybridized carbons (Fsp3) is 0.754. The second kappa shape index (κ2) is 55.4. The van der Waals surface area contributed by atoms with E-state index in [1.807, 2.05) is 0 Å². The number of carbonyl (C=O) groups is 3. The Balaban J connectivity index is 4.48. The molecule has 0 saturated carbocycles. The zero-order valence-electron chi connectivity index (χ0n) is 44.2. The third-order valence-electron chi connectivity index (χ3n) is 12.2. The van der Waals surface area contributed by atoms with Crippen molar-refractivity contribution >= 4 is 17.9 Å².